The molecule has 7 heteroatoms. The van der Waals surface area contributed by atoms with Crippen LogP contribution in [0, 0.1) is 20.8 Å². The van der Waals surface area contributed by atoms with Gasteiger partial charge in [0, 0.05) is 11.9 Å². The van der Waals surface area contributed by atoms with E-state index in [9.17, 15) is 4.79 Å². The van der Waals surface area contributed by atoms with Crippen molar-refractivity contribution < 1.29 is 4.79 Å². The zero-order valence-electron chi connectivity index (χ0n) is 12.4. The molecule has 0 saturated carbocycles. The SMILES string of the molecule is Cc1nc(C)nc(NC(=O)N(C)Sc2ccccc2C)n1. The van der Waals surface area contributed by atoms with Crippen molar-refractivity contribution in [3.05, 3.63) is 41.5 Å². The van der Waals surface area contributed by atoms with Crippen molar-refractivity contribution in [3.8, 4) is 0 Å². The number of amides is 2. The minimum Gasteiger partial charge on any atom is -0.275 e. The minimum absolute atomic E-state index is 0.266. The van der Waals surface area contributed by atoms with Gasteiger partial charge in [0.1, 0.15) is 11.6 Å². The monoisotopic (exact) mass is 303 g/mol. The predicted molar refractivity (Wildman–Crippen MR) is 83.1 cm³/mol. The average molecular weight is 303 g/mol. The summed E-state index contributed by atoms with van der Waals surface area (Å²) < 4.78 is 1.51. The Morgan fingerprint density at radius 3 is 2.33 bits per heavy atom. The summed E-state index contributed by atoms with van der Waals surface area (Å²) in [5.74, 6) is 1.42. The zero-order valence-corrected chi connectivity index (χ0v) is 13.2. The van der Waals surface area contributed by atoms with Crippen molar-refractivity contribution in [3.63, 3.8) is 0 Å². The van der Waals surface area contributed by atoms with Gasteiger partial charge in [0.2, 0.25) is 5.95 Å². The molecule has 2 aromatic rings. The number of aromatic nitrogens is 3. The largest absolute Gasteiger partial charge is 0.334 e. The number of nitrogens with one attached hydrogen (secondary N) is 1. The maximum Gasteiger partial charge on any atom is 0.334 e. The summed E-state index contributed by atoms with van der Waals surface area (Å²) in [5.41, 5.74) is 1.12. The fourth-order valence-corrected chi connectivity index (χ4v) is 2.47. The lowest BCUT2D eigenvalue weighted by atomic mass is 10.2. The molecule has 21 heavy (non-hydrogen) atoms. The lowest BCUT2D eigenvalue weighted by Crippen LogP contribution is -2.27. The standard InChI is InChI=1S/C14H17N5OS/c1-9-7-5-6-8-12(9)21-19(4)14(20)18-13-16-10(2)15-11(3)17-13/h5-8H,1-4H3,(H,15,16,17,18,20). The number of nitrogens with zero attached hydrogens (tertiary/aromatic N) is 4. The number of carbonyl (C=O) groups excluding carboxylic acids is 1. The first kappa shape index (κ1) is 15.2. The van der Waals surface area contributed by atoms with Crippen LogP contribution in [0.3, 0.4) is 0 Å². The van der Waals surface area contributed by atoms with Crippen LogP contribution in [-0.4, -0.2) is 32.3 Å². The van der Waals surface area contributed by atoms with Gasteiger partial charge in [-0.05, 0) is 44.3 Å². The first-order valence-electron chi connectivity index (χ1n) is 6.43. The normalized spacial score (nSPS) is 10.3. The highest BCUT2D eigenvalue weighted by Crippen LogP contribution is 2.24. The van der Waals surface area contributed by atoms with Crippen LogP contribution in [-0.2, 0) is 0 Å². The van der Waals surface area contributed by atoms with Crippen molar-refractivity contribution >= 4 is 23.9 Å². The molecule has 1 heterocycles. The van der Waals surface area contributed by atoms with Gasteiger partial charge in [0.05, 0.1) is 0 Å². The van der Waals surface area contributed by atoms with Crippen LogP contribution in [0.4, 0.5) is 10.7 Å². The third-order valence-corrected chi connectivity index (χ3v) is 3.79. The molecule has 0 aliphatic heterocycles. The second kappa shape index (κ2) is 6.53. The molecule has 1 N–H and O–H groups in total. The molecule has 0 aliphatic rings. The highest BCUT2D eigenvalue weighted by Gasteiger charge is 2.13. The van der Waals surface area contributed by atoms with Gasteiger partial charge < -0.3 is 0 Å². The van der Waals surface area contributed by atoms with Crippen molar-refractivity contribution in [2.75, 3.05) is 12.4 Å². The van der Waals surface area contributed by atoms with Gasteiger partial charge in [-0.2, -0.15) is 9.97 Å². The van der Waals surface area contributed by atoms with E-state index in [1.807, 2.05) is 31.2 Å². The second-order valence-electron chi connectivity index (χ2n) is 4.54. The molecule has 0 unspecified atom stereocenters. The first-order valence-corrected chi connectivity index (χ1v) is 7.20. The van der Waals surface area contributed by atoms with Crippen molar-refractivity contribution in [1.29, 1.82) is 0 Å². The molecule has 0 atom stereocenters. The number of aryl methyl sites for hydroxylation is 3. The molecule has 0 saturated heterocycles. The fourth-order valence-electron chi connectivity index (χ4n) is 1.69. The number of rotatable bonds is 3. The Bertz CT molecular complexity index is 641. The van der Waals surface area contributed by atoms with Gasteiger partial charge in [-0.25, -0.2) is 9.78 Å². The number of urea groups is 1. The van der Waals surface area contributed by atoms with E-state index in [1.165, 1.54) is 16.3 Å². The van der Waals surface area contributed by atoms with Crippen LogP contribution in [0.25, 0.3) is 0 Å². The Morgan fingerprint density at radius 1 is 1.10 bits per heavy atom. The number of hydrogen-bond donors (Lipinski definition) is 1. The Kier molecular flexibility index (Phi) is 4.74. The van der Waals surface area contributed by atoms with Gasteiger partial charge in [0.25, 0.3) is 0 Å². The fraction of sp³-hybridized carbons (Fsp3) is 0.286. The lowest BCUT2D eigenvalue weighted by molar-refractivity contribution is 0.242. The quantitative estimate of drug-likeness (QED) is 0.883. The molecule has 1 aromatic heterocycles. The van der Waals surface area contributed by atoms with Gasteiger partial charge in [-0.1, -0.05) is 18.2 Å². The maximum absolute atomic E-state index is 12.1. The van der Waals surface area contributed by atoms with Crippen LogP contribution >= 0.6 is 11.9 Å². The molecule has 0 fully saturated rings. The first-order chi connectivity index (χ1) is 9.95. The van der Waals surface area contributed by atoms with Crippen molar-refractivity contribution in [1.82, 2.24) is 19.3 Å². The molecule has 2 amide bonds. The molecule has 1 aromatic carbocycles. The summed E-state index contributed by atoms with van der Waals surface area (Å²) in [6, 6.07) is 7.61. The van der Waals surface area contributed by atoms with Crippen LogP contribution in [0.15, 0.2) is 29.2 Å². The van der Waals surface area contributed by atoms with E-state index in [2.05, 4.69) is 20.3 Å². The summed E-state index contributed by atoms with van der Waals surface area (Å²) in [7, 11) is 1.70. The third kappa shape index (κ3) is 4.16. The lowest BCUT2D eigenvalue weighted by Gasteiger charge is -2.17. The van der Waals surface area contributed by atoms with Crippen LogP contribution < -0.4 is 5.32 Å². The molecule has 0 spiro atoms. The molecular formula is C14H17N5OS. The van der Waals surface area contributed by atoms with Crippen LogP contribution in [0.5, 0.6) is 0 Å². The predicted octanol–water partition coefficient (Wildman–Crippen LogP) is 2.97. The van der Waals surface area contributed by atoms with Crippen molar-refractivity contribution in [2.24, 2.45) is 0 Å². The van der Waals surface area contributed by atoms with Gasteiger partial charge in [-0.15, -0.1) is 0 Å². The topological polar surface area (TPSA) is 71.0 Å². The summed E-state index contributed by atoms with van der Waals surface area (Å²) in [4.78, 5) is 25.4. The third-order valence-electron chi connectivity index (χ3n) is 2.69. The molecule has 0 aliphatic carbocycles. The summed E-state index contributed by atoms with van der Waals surface area (Å²) in [6.45, 7) is 5.53. The van der Waals surface area contributed by atoms with E-state index in [4.69, 9.17) is 0 Å². The highest BCUT2D eigenvalue weighted by molar-refractivity contribution is 7.97. The Morgan fingerprint density at radius 2 is 1.71 bits per heavy atom. The number of hydrogen-bond acceptors (Lipinski definition) is 5. The number of carbonyl (C=O) groups is 1. The molecule has 110 valence electrons. The minimum atomic E-state index is -0.284. The molecule has 0 radical (unpaired) electrons. The Hall–Kier alpha value is -2.15. The maximum atomic E-state index is 12.1. The van der Waals surface area contributed by atoms with Crippen LogP contribution in [0.1, 0.15) is 17.2 Å². The highest BCUT2D eigenvalue weighted by atomic mass is 32.2. The van der Waals surface area contributed by atoms with E-state index in [-0.39, 0.29) is 12.0 Å². The van der Waals surface area contributed by atoms with E-state index >= 15 is 0 Å². The smallest absolute Gasteiger partial charge is 0.275 e. The number of anilines is 1. The average Bonchev–Trinajstić information content (AvgIpc) is 2.40. The molecular weight excluding hydrogens is 286 g/mol. The summed E-state index contributed by atoms with van der Waals surface area (Å²) in [5, 5.41) is 2.67. The van der Waals surface area contributed by atoms with E-state index in [0.29, 0.717) is 11.6 Å². The molecule has 6 nitrogen and oxygen atoms in total. The zero-order chi connectivity index (χ0) is 15.4. The van der Waals surface area contributed by atoms with Gasteiger partial charge >= 0.3 is 6.03 Å². The van der Waals surface area contributed by atoms with Gasteiger partial charge in [0.15, 0.2) is 0 Å². The van der Waals surface area contributed by atoms with Crippen molar-refractivity contribution in [2.45, 2.75) is 25.7 Å². The second-order valence-corrected chi connectivity index (χ2v) is 5.71. The van der Waals surface area contributed by atoms with E-state index < -0.39 is 0 Å². The molecule has 2 rings (SSSR count). The summed E-state index contributed by atoms with van der Waals surface area (Å²) in [6.07, 6.45) is 0. The Labute approximate surface area is 128 Å². The van der Waals surface area contributed by atoms with E-state index in [1.54, 1.807) is 20.9 Å². The van der Waals surface area contributed by atoms with Gasteiger partial charge in [-0.3, -0.25) is 9.62 Å². The Balaban J connectivity index is 2.04. The molecule has 0 bridgehead atoms. The van der Waals surface area contributed by atoms with E-state index in [0.717, 1.165) is 10.5 Å². The summed E-state index contributed by atoms with van der Waals surface area (Å²) >= 11 is 1.36. The number of benzene rings is 1. The van der Waals surface area contributed by atoms with Crippen LogP contribution in [0.2, 0.25) is 0 Å².